The number of fused-ring (bicyclic) bond motifs is 5. The highest BCUT2D eigenvalue weighted by Crippen LogP contribution is 2.67. The second-order valence-electron chi connectivity index (χ2n) is 11.7. The quantitative estimate of drug-likeness (QED) is 0.678. The number of aliphatic hydroxyl groups is 1. The first-order valence-electron chi connectivity index (χ1n) is 12.6. The number of ether oxygens (including phenoxy) is 1. The SMILES string of the molecule is CC(=O)[C@H]1CC[C@H]2[C@H]3[C@H]([C@H](OC(=O)c4ccccc4)C[C@]12C)[C@@]1(C)CCC(=O)C[C@H]1C[C@H]3O. The maximum absolute atomic E-state index is 13.2. The highest BCUT2D eigenvalue weighted by Gasteiger charge is 2.66. The average Bonchev–Trinajstić information content (AvgIpc) is 3.12. The standard InChI is InChI=1S/C28H36O5/c1-16(29)20-9-10-21-24-22(31)14-18-13-19(30)11-12-27(18,2)25(24)23(15-28(20,21)3)33-26(32)17-7-5-4-6-8-17/h4-8,18,20-25,31H,9-15H2,1-3H3/t18-,20+,21-,22+,23+,24+,25-,27-,28+/m0/s1. The molecule has 33 heavy (non-hydrogen) atoms. The smallest absolute Gasteiger partial charge is 0.338 e. The summed E-state index contributed by atoms with van der Waals surface area (Å²) in [5, 5.41) is 11.5. The number of aliphatic hydroxyl groups excluding tert-OH is 1. The molecular formula is C28H36O5. The Morgan fingerprint density at radius 2 is 1.82 bits per heavy atom. The van der Waals surface area contributed by atoms with Crippen molar-refractivity contribution in [2.24, 2.45) is 40.4 Å². The van der Waals surface area contributed by atoms with Gasteiger partial charge < -0.3 is 9.84 Å². The van der Waals surface area contributed by atoms with Gasteiger partial charge >= 0.3 is 5.97 Å². The molecule has 4 fully saturated rings. The summed E-state index contributed by atoms with van der Waals surface area (Å²) in [7, 11) is 0. The number of Topliss-reactive ketones (excluding diaryl/α,β-unsaturated/α-hetero) is 2. The Hall–Kier alpha value is -2.01. The van der Waals surface area contributed by atoms with Gasteiger partial charge in [-0.3, -0.25) is 9.59 Å². The van der Waals surface area contributed by atoms with E-state index in [-0.39, 0.29) is 64.1 Å². The van der Waals surface area contributed by atoms with Crippen LogP contribution in [0.1, 0.15) is 76.1 Å². The van der Waals surface area contributed by atoms with Gasteiger partial charge in [-0.1, -0.05) is 32.0 Å². The Morgan fingerprint density at radius 3 is 2.52 bits per heavy atom. The second-order valence-corrected chi connectivity index (χ2v) is 11.7. The van der Waals surface area contributed by atoms with Crippen LogP contribution in [-0.4, -0.2) is 34.9 Å². The number of carbonyl (C=O) groups excluding carboxylic acids is 3. The van der Waals surface area contributed by atoms with Crippen LogP contribution in [0.15, 0.2) is 30.3 Å². The summed E-state index contributed by atoms with van der Waals surface area (Å²) < 4.78 is 6.29. The van der Waals surface area contributed by atoms with Gasteiger partial charge in [0.05, 0.1) is 11.7 Å². The molecule has 9 atom stereocenters. The van der Waals surface area contributed by atoms with Crippen molar-refractivity contribution in [3.8, 4) is 0 Å². The summed E-state index contributed by atoms with van der Waals surface area (Å²) in [5.41, 5.74) is 0.0750. The van der Waals surface area contributed by atoms with Crippen molar-refractivity contribution in [3.05, 3.63) is 35.9 Å². The molecule has 0 radical (unpaired) electrons. The zero-order valence-electron chi connectivity index (χ0n) is 20.0. The van der Waals surface area contributed by atoms with Crippen molar-refractivity contribution in [2.45, 2.75) is 77.9 Å². The number of esters is 1. The first-order valence-corrected chi connectivity index (χ1v) is 12.6. The summed E-state index contributed by atoms with van der Waals surface area (Å²) in [5.74, 6) is 0.393. The van der Waals surface area contributed by atoms with Gasteiger partial charge in [-0.15, -0.1) is 0 Å². The summed E-state index contributed by atoms with van der Waals surface area (Å²) in [6.45, 7) is 6.12. The minimum absolute atomic E-state index is 0.00389. The lowest BCUT2D eigenvalue weighted by Gasteiger charge is -2.63. The molecule has 0 unspecified atom stereocenters. The summed E-state index contributed by atoms with van der Waals surface area (Å²) in [6.07, 6.45) is 3.97. The van der Waals surface area contributed by atoms with Gasteiger partial charge in [0, 0.05) is 24.7 Å². The summed E-state index contributed by atoms with van der Waals surface area (Å²) in [6, 6.07) is 9.06. The van der Waals surface area contributed by atoms with Crippen molar-refractivity contribution in [2.75, 3.05) is 0 Å². The van der Waals surface area contributed by atoms with E-state index < -0.39 is 6.10 Å². The molecule has 1 aromatic carbocycles. The molecule has 4 saturated carbocycles. The van der Waals surface area contributed by atoms with Gasteiger partial charge in [0.2, 0.25) is 0 Å². The lowest BCUT2D eigenvalue weighted by molar-refractivity contribution is -0.205. The fourth-order valence-corrected chi connectivity index (χ4v) is 8.65. The lowest BCUT2D eigenvalue weighted by atomic mass is 9.43. The fraction of sp³-hybridized carbons (Fsp3) is 0.679. The van der Waals surface area contributed by atoms with Gasteiger partial charge in [-0.05, 0) is 79.7 Å². The molecular weight excluding hydrogens is 416 g/mol. The number of carbonyl (C=O) groups is 3. The molecule has 5 nitrogen and oxygen atoms in total. The fourth-order valence-electron chi connectivity index (χ4n) is 8.65. The van der Waals surface area contributed by atoms with Gasteiger partial charge in [-0.25, -0.2) is 4.79 Å². The largest absolute Gasteiger partial charge is 0.458 e. The molecule has 5 rings (SSSR count). The molecule has 0 heterocycles. The molecule has 0 aliphatic heterocycles. The van der Waals surface area contributed by atoms with E-state index in [0.29, 0.717) is 31.2 Å². The van der Waals surface area contributed by atoms with Crippen LogP contribution in [0.4, 0.5) is 0 Å². The maximum atomic E-state index is 13.2. The Labute approximate surface area is 196 Å². The molecule has 0 aromatic heterocycles. The predicted molar refractivity (Wildman–Crippen MR) is 123 cm³/mol. The molecule has 4 aliphatic rings. The van der Waals surface area contributed by atoms with Crippen LogP contribution in [0.2, 0.25) is 0 Å². The number of ketones is 2. The number of rotatable bonds is 3. The highest BCUT2D eigenvalue weighted by atomic mass is 16.5. The lowest BCUT2D eigenvalue weighted by Crippen LogP contribution is -2.63. The van der Waals surface area contributed by atoms with Crippen LogP contribution < -0.4 is 0 Å². The predicted octanol–water partition coefficient (Wildman–Crippen LogP) is 4.61. The Kier molecular flexibility index (Phi) is 5.55. The van der Waals surface area contributed by atoms with E-state index in [0.717, 1.165) is 19.3 Å². The number of benzene rings is 1. The zero-order valence-corrected chi connectivity index (χ0v) is 20.0. The van der Waals surface area contributed by atoms with E-state index in [2.05, 4.69) is 13.8 Å². The molecule has 178 valence electrons. The molecule has 0 saturated heterocycles. The van der Waals surface area contributed by atoms with E-state index in [1.165, 1.54) is 0 Å². The van der Waals surface area contributed by atoms with Crippen molar-refractivity contribution < 1.29 is 24.2 Å². The normalized spacial score (nSPS) is 44.4. The molecule has 0 bridgehead atoms. The summed E-state index contributed by atoms with van der Waals surface area (Å²) in [4.78, 5) is 38.1. The third-order valence-electron chi connectivity index (χ3n) is 10.2. The molecule has 0 amide bonds. The number of hydrogen-bond acceptors (Lipinski definition) is 5. The first-order chi connectivity index (χ1) is 15.6. The van der Waals surface area contributed by atoms with Gasteiger partial charge in [0.15, 0.2) is 0 Å². The van der Waals surface area contributed by atoms with Gasteiger partial charge in [0.25, 0.3) is 0 Å². The van der Waals surface area contributed by atoms with E-state index in [1.54, 1.807) is 19.1 Å². The molecule has 5 heteroatoms. The van der Waals surface area contributed by atoms with Crippen LogP contribution >= 0.6 is 0 Å². The van der Waals surface area contributed by atoms with Gasteiger partial charge in [-0.2, -0.15) is 0 Å². The van der Waals surface area contributed by atoms with Crippen LogP contribution in [-0.2, 0) is 14.3 Å². The van der Waals surface area contributed by atoms with Crippen molar-refractivity contribution in [1.29, 1.82) is 0 Å². The van der Waals surface area contributed by atoms with E-state index >= 15 is 0 Å². The van der Waals surface area contributed by atoms with Crippen LogP contribution in [0.3, 0.4) is 0 Å². The minimum atomic E-state index is -0.535. The summed E-state index contributed by atoms with van der Waals surface area (Å²) >= 11 is 0. The highest BCUT2D eigenvalue weighted by molar-refractivity contribution is 5.89. The second kappa shape index (κ2) is 8.04. The molecule has 1 N–H and O–H groups in total. The van der Waals surface area contributed by atoms with Crippen LogP contribution in [0.25, 0.3) is 0 Å². The molecule has 1 aromatic rings. The van der Waals surface area contributed by atoms with Crippen molar-refractivity contribution in [3.63, 3.8) is 0 Å². The third-order valence-corrected chi connectivity index (χ3v) is 10.2. The van der Waals surface area contributed by atoms with E-state index in [9.17, 15) is 19.5 Å². The van der Waals surface area contributed by atoms with Gasteiger partial charge in [0.1, 0.15) is 17.7 Å². The molecule has 4 aliphatic carbocycles. The maximum Gasteiger partial charge on any atom is 0.338 e. The van der Waals surface area contributed by atoms with Crippen molar-refractivity contribution in [1.82, 2.24) is 0 Å². The Bertz CT molecular complexity index is 956. The van der Waals surface area contributed by atoms with Crippen LogP contribution in [0.5, 0.6) is 0 Å². The first kappa shape index (κ1) is 22.8. The van der Waals surface area contributed by atoms with E-state index in [4.69, 9.17) is 4.74 Å². The monoisotopic (exact) mass is 452 g/mol. The minimum Gasteiger partial charge on any atom is -0.458 e. The Morgan fingerprint density at radius 1 is 1.09 bits per heavy atom. The molecule has 0 spiro atoms. The average molecular weight is 453 g/mol. The Balaban J connectivity index is 1.56. The van der Waals surface area contributed by atoms with Crippen molar-refractivity contribution >= 4 is 17.5 Å². The zero-order chi connectivity index (χ0) is 23.5. The topological polar surface area (TPSA) is 80.7 Å². The van der Waals surface area contributed by atoms with E-state index in [1.807, 2.05) is 18.2 Å². The third kappa shape index (κ3) is 3.50. The van der Waals surface area contributed by atoms with Crippen LogP contribution in [0, 0.1) is 40.4 Å². The number of hydrogen-bond donors (Lipinski definition) is 1.